The molecule has 1 rings (SSSR count). The number of aliphatic carboxylic acids is 1. The molecule has 1 aliphatic heterocycles. The fourth-order valence-electron chi connectivity index (χ4n) is 0.941. The summed E-state index contributed by atoms with van der Waals surface area (Å²) in [7, 11) is 0. The molecule has 1 aliphatic rings. The average Bonchev–Trinajstić information content (AvgIpc) is 2.30. The quantitative estimate of drug-likeness (QED) is 0.675. The smallest absolute Gasteiger partial charge is 0.318 e. The number of hydrogen-bond donors (Lipinski definition) is 1. The monoisotopic (exact) mass is 176 g/mol. The average molecular weight is 176 g/mol. The number of alkyl halides is 2. The summed E-state index contributed by atoms with van der Waals surface area (Å²) in [5, 5.41) is 14.9. The highest BCUT2D eigenvalue weighted by Crippen LogP contribution is 2.16. The fraction of sp³-hybridized carbons (Fsp3) is 0.500. The van der Waals surface area contributed by atoms with Gasteiger partial charge in [0.15, 0.2) is 0 Å². The maximum absolute atomic E-state index is 12.1. The van der Waals surface area contributed by atoms with Gasteiger partial charge < -0.3 is 5.11 Å². The molecule has 1 N–H and O–H groups in total. The molecule has 1 unspecified atom stereocenters. The van der Waals surface area contributed by atoms with Crippen molar-refractivity contribution in [3.05, 3.63) is 0 Å². The van der Waals surface area contributed by atoms with Gasteiger partial charge in [-0.15, -0.1) is 0 Å². The van der Waals surface area contributed by atoms with E-state index in [1.165, 1.54) is 6.92 Å². The van der Waals surface area contributed by atoms with Crippen molar-refractivity contribution >= 4 is 17.4 Å². The topological polar surface area (TPSA) is 62.0 Å². The van der Waals surface area contributed by atoms with Gasteiger partial charge >= 0.3 is 5.97 Å². The lowest BCUT2D eigenvalue weighted by Crippen LogP contribution is -2.31. The predicted molar refractivity (Wildman–Crippen MR) is 37.7 cm³/mol. The van der Waals surface area contributed by atoms with Crippen LogP contribution in [0.3, 0.4) is 0 Å². The number of carbonyl (C=O) groups is 1. The summed E-state index contributed by atoms with van der Waals surface area (Å²) in [6.07, 6.45) is -2.85. The molecule has 0 amide bonds. The van der Waals surface area contributed by atoms with E-state index >= 15 is 0 Å². The van der Waals surface area contributed by atoms with Crippen LogP contribution in [-0.4, -0.2) is 28.9 Å². The minimum Gasteiger partial charge on any atom is -0.480 e. The lowest BCUT2D eigenvalue weighted by Gasteiger charge is -2.06. The third-order valence-corrected chi connectivity index (χ3v) is 1.51. The van der Waals surface area contributed by atoms with Crippen molar-refractivity contribution in [1.82, 2.24) is 0 Å². The molecule has 6 heteroatoms. The lowest BCUT2D eigenvalue weighted by molar-refractivity contribution is -0.137. The molecule has 1 atom stereocenters. The van der Waals surface area contributed by atoms with Crippen molar-refractivity contribution in [2.24, 2.45) is 16.1 Å². The van der Waals surface area contributed by atoms with E-state index in [1.54, 1.807) is 0 Å². The zero-order valence-corrected chi connectivity index (χ0v) is 6.16. The first-order valence-electron chi connectivity index (χ1n) is 3.17. The van der Waals surface area contributed by atoms with Crippen LogP contribution in [0.15, 0.2) is 10.2 Å². The Kier molecular flexibility index (Phi) is 2.16. The van der Waals surface area contributed by atoms with Crippen molar-refractivity contribution in [3.63, 3.8) is 0 Å². The van der Waals surface area contributed by atoms with Gasteiger partial charge in [0.05, 0.1) is 5.71 Å². The van der Waals surface area contributed by atoms with Crippen molar-refractivity contribution in [1.29, 1.82) is 0 Å². The van der Waals surface area contributed by atoms with Crippen LogP contribution in [0, 0.1) is 5.92 Å². The zero-order valence-electron chi connectivity index (χ0n) is 6.16. The molecule has 0 bridgehead atoms. The van der Waals surface area contributed by atoms with Gasteiger partial charge in [0.25, 0.3) is 6.43 Å². The first-order valence-corrected chi connectivity index (χ1v) is 3.17. The fourth-order valence-corrected chi connectivity index (χ4v) is 0.941. The molecule has 12 heavy (non-hydrogen) atoms. The summed E-state index contributed by atoms with van der Waals surface area (Å²) in [6.45, 7) is 1.36. The Morgan fingerprint density at radius 1 is 1.58 bits per heavy atom. The number of carboxylic acid groups (broad SMARTS) is 1. The Bertz CT molecular complexity index is 273. The van der Waals surface area contributed by atoms with Crippen LogP contribution in [0.5, 0.6) is 0 Å². The molecule has 0 saturated carbocycles. The highest BCUT2D eigenvalue weighted by atomic mass is 19.3. The van der Waals surface area contributed by atoms with Crippen LogP contribution in [0.1, 0.15) is 6.92 Å². The Balaban J connectivity index is 2.89. The normalized spacial score (nSPS) is 22.5. The highest BCUT2D eigenvalue weighted by Gasteiger charge is 2.36. The van der Waals surface area contributed by atoms with Crippen molar-refractivity contribution in [2.45, 2.75) is 13.3 Å². The van der Waals surface area contributed by atoms with Crippen LogP contribution in [0.2, 0.25) is 0 Å². The van der Waals surface area contributed by atoms with Gasteiger partial charge in [0.1, 0.15) is 11.6 Å². The second-order valence-electron chi connectivity index (χ2n) is 2.34. The van der Waals surface area contributed by atoms with E-state index in [-0.39, 0.29) is 5.71 Å². The molecule has 66 valence electrons. The summed E-state index contributed by atoms with van der Waals surface area (Å²) in [5.74, 6) is -2.68. The maximum atomic E-state index is 12.1. The van der Waals surface area contributed by atoms with Crippen LogP contribution in [0.25, 0.3) is 0 Å². The van der Waals surface area contributed by atoms with Crippen molar-refractivity contribution < 1.29 is 18.7 Å². The van der Waals surface area contributed by atoms with Crippen LogP contribution >= 0.6 is 0 Å². The summed E-state index contributed by atoms with van der Waals surface area (Å²) in [5.41, 5.74) is -0.585. The molecule has 0 aromatic rings. The van der Waals surface area contributed by atoms with Crippen LogP contribution < -0.4 is 0 Å². The molecule has 0 spiro atoms. The Morgan fingerprint density at radius 3 is 2.50 bits per heavy atom. The summed E-state index contributed by atoms with van der Waals surface area (Å²) >= 11 is 0. The molecular weight excluding hydrogens is 170 g/mol. The minimum absolute atomic E-state index is 0.0952. The summed E-state index contributed by atoms with van der Waals surface area (Å²) in [4.78, 5) is 10.4. The van der Waals surface area contributed by atoms with Crippen LogP contribution in [0.4, 0.5) is 8.78 Å². The molecular formula is C6H6F2N2O2. The van der Waals surface area contributed by atoms with Gasteiger partial charge in [0.2, 0.25) is 0 Å². The van der Waals surface area contributed by atoms with E-state index < -0.39 is 24.0 Å². The van der Waals surface area contributed by atoms with E-state index in [2.05, 4.69) is 10.2 Å². The number of halogens is 2. The summed E-state index contributed by atoms with van der Waals surface area (Å²) < 4.78 is 24.1. The molecule has 1 heterocycles. The minimum atomic E-state index is -2.85. The van der Waals surface area contributed by atoms with Gasteiger partial charge in [-0.3, -0.25) is 4.79 Å². The first-order chi connectivity index (χ1) is 5.54. The zero-order chi connectivity index (χ0) is 9.30. The van der Waals surface area contributed by atoms with Gasteiger partial charge in [-0.05, 0) is 6.92 Å². The number of rotatable bonds is 2. The molecule has 4 nitrogen and oxygen atoms in total. The van der Waals surface area contributed by atoms with E-state index in [4.69, 9.17) is 5.11 Å². The third-order valence-electron chi connectivity index (χ3n) is 1.51. The maximum Gasteiger partial charge on any atom is 0.318 e. The molecule has 0 aliphatic carbocycles. The van der Waals surface area contributed by atoms with Crippen LogP contribution in [-0.2, 0) is 4.79 Å². The highest BCUT2D eigenvalue weighted by molar-refractivity contribution is 6.22. The van der Waals surface area contributed by atoms with Gasteiger partial charge in [-0.1, -0.05) is 0 Å². The molecule has 0 radical (unpaired) electrons. The number of nitrogens with zero attached hydrogens (tertiary/aromatic N) is 2. The molecule has 0 saturated heterocycles. The molecule has 0 fully saturated rings. The summed E-state index contributed by atoms with van der Waals surface area (Å²) in [6, 6.07) is 0. The van der Waals surface area contributed by atoms with Gasteiger partial charge in [-0.25, -0.2) is 8.78 Å². The Morgan fingerprint density at radius 2 is 2.17 bits per heavy atom. The number of hydrogen-bond acceptors (Lipinski definition) is 3. The van der Waals surface area contributed by atoms with Crippen molar-refractivity contribution in [3.8, 4) is 0 Å². The van der Waals surface area contributed by atoms with E-state index in [0.29, 0.717) is 0 Å². The standard InChI is InChI=1S/C6H6F2N2O2/c1-2-3(6(11)12)4(5(7)8)10-9-2/h3,5H,1H3,(H,11,12). The van der Waals surface area contributed by atoms with E-state index in [0.717, 1.165) is 0 Å². The number of carboxylic acids is 1. The van der Waals surface area contributed by atoms with Gasteiger partial charge in [0, 0.05) is 0 Å². The first kappa shape index (κ1) is 8.76. The Hall–Kier alpha value is -1.33. The molecule has 0 aromatic heterocycles. The third kappa shape index (κ3) is 1.32. The molecule has 0 aromatic carbocycles. The van der Waals surface area contributed by atoms with Gasteiger partial charge in [-0.2, -0.15) is 10.2 Å². The SMILES string of the molecule is CC1=NN=C(C(F)F)C1C(=O)O. The second kappa shape index (κ2) is 2.96. The second-order valence-corrected chi connectivity index (χ2v) is 2.34. The predicted octanol–water partition coefficient (Wildman–Crippen LogP) is 0.783. The van der Waals surface area contributed by atoms with E-state index in [9.17, 15) is 13.6 Å². The largest absolute Gasteiger partial charge is 0.480 e. The Labute approximate surface area is 66.6 Å². The van der Waals surface area contributed by atoms with E-state index in [1.807, 2.05) is 0 Å². The van der Waals surface area contributed by atoms with Crippen molar-refractivity contribution in [2.75, 3.05) is 0 Å². The lowest BCUT2D eigenvalue weighted by atomic mass is 10.00.